The van der Waals surface area contributed by atoms with E-state index in [4.69, 9.17) is 11.6 Å². The highest BCUT2D eigenvalue weighted by molar-refractivity contribution is 6.35. The molecule has 0 fully saturated rings. The maximum absolute atomic E-state index is 11.4. The molecule has 1 aromatic heterocycles. The van der Waals surface area contributed by atoms with Gasteiger partial charge in [-0.05, 0) is 6.92 Å². The average Bonchev–Trinajstić information content (AvgIpc) is 2.58. The number of amides is 1. The lowest BCUT2D eigenvalue weighted by Crippen LogP contribution is -2.32. The van der Waals surface area contributed by atoms with Crippen LogP contribution < -0.4 is 0 Å². The zero-order chi connectivity index (χ0) is 12.3. The first-order chi connectivity index (χ1) is 7.47. The number of rotatable bonds is 4. The molecule has 0 aliphatic carbocycles. The summed E-state index contributed by atoms with van der Waals surface area (Å²) in [6.07, 6.45) is 1.53. The minimum Gasteiger partial charge on any atom is -0.333 e. The van der Waals surface area contributed by atoms with Gasteiger partial charge in [0.2, 0.25) is 5.78 Å². The summed E-state index contributed by atoms with van der Waals surface area (Å²) in [6.45, 7) is 4.13. The predicted molar refractivity (Wildman–Crippen MR) is 60.1 cm³/mol. The van der Waals surface area contributed by atoms with Crippen LogP contribution in [0.25, 0.3) is 0 Å². The van der Waals surface area contributed by atoms with Gasteiger partial charge in [-0.2, -0.15) is 5.10 Å². The summed E-state index contributed by atoms with van der Waals surface area (Å²) in [5.74, 6) is -1.01. The lowest BCUT2D eigenvalue weighted by atomic mass is 10.3. The van der Waals surface area contributed by atoms with Crippen molar-refractivity contribution in [2.24, 2.45) is 0 Å². The number of carbonyl (C=O) groups excluding carboxylic acids is 2. The number of aromatic nitrogens is 2. The third-order valence-electron chi connectivity index (χ3n) is 2.23. The van der Waals surface area contributed by atoms with Gasteiger partial charge in [-0.1, -0.05) is 11.6 Å². The molecule has 16 heavy (non-hydrogen) atoms. The lowest BCUT2D eigenvalue weighted by molar-refractivity contribution is -0.143. The smallest absolute Gasteiger partial charge is 0.289 e. The number of ketones is 1. The number of hydrogen-bond acceptors (Lipinski definition) is 3. The van der Waals surface area contributed by atoms with Gasteiger partial charge in [-0.3, -0.25) is 14.3 Å². The Hall–Kier alpha value is -1.36. The van der Waals surface area contributed by atoms with Gasteiger partial charge in [-0.15, -0.1) is 0 Å². The first-order valence-electron chi connectivity index (χ1n) is 4.93. The van der Waals surface area contributed by atoms with Gasteiger partial charge in [0, 0.05) is 20.5 Å². The van der Waals surface area contributed by atoms with Crippen molar-refractivity contribution in [2.75, 3.05) is 7.05 Å². The van der Waals surface area contributed by atoms with E-state index in [1.165, 1.54) is 18.0 Å². The van der Waals surface area contributed by atoms with Crippen molar-refractivity contribution in [2.45, 2.75) is 26.9 Å². The normalized spacial score (nSPS) is 10.2. The van der Waals surface area contributed by atoms with Crippen molar-refractivity contribution >= 4 is 23.3 Å². The fraction of sp³-hybridized carbons (Fsp3) is 0.500. The van der Waals surface area contributed by atoms with Crippen LogP contribution in [0.2, 0.25) is 5.02 Å². The fourth-order valence-corrected chi connectivity index (χ4v) is 1.58. The minimum absolute atomic E-state index is 0.283. The number of aryl methyl sites for hydroxylation is 1. The summed E-state index contributed by atoms with van der Waals surface area (Å²) in [4.78, 5) is 23.6. The summed E-state index contributed by atoms with van der Waals surface area (Å²) < 4.78 is 1.70. The van der Waals surface area contributed by atoms with E-state index in [1.807, 2.05) is 6.92 Å². The molecule has 0 N–H and O–H groups in total. The Bertz CT molecular complexity index is 414. The first-order valence-corrected chi connectivity index (χ1v) is 5.31. The van der Waals surface area contributed by atoms with Crippen LogP contribution in [0.4, 0.5) is 0 Å². The van der Waals surface area contributed by atoms with Crippen LogP contribution in [0.5, 0.6) is 0 Å². The molecule has 5 nitrogen and oxygen atoms in total. The third-order valence-corrected chi connectivity index (χ3v) is 2.55. The Morgan fingerprint density at radius 2 is 2.19 bits per heavy atom. The summed E-state index contributed by atoms with van der Waals surface area (Å²) in [5.41, 5.74) is 0.737. The van der Waals surface area contributed by atoms with E-state index in [0.717, 1.165) is 5.69 Å². The van der Waals surface area contributed by atoms with Gasteiger partial charge in [0.05, 0.1) is 23.5 Å². The van der Waals surface area contributed by atoms with E-state index < -0.39 is 11.7 Å². The van der Waals surface area contributed by atoms with Gasteiger partial charge >= 0.3 is 0 Å². The summed E-state index contributed by atoms with van der Waals surface area (Å²) >= 11 is 5.95. The molecule has 0 aliphatic rings. The quantitative estimate of drug-likeness (QED) is 0.745. The monoisotopic (exact) mass is 243 g/mol. The van der Waals surface area contributed by atoms with E-state index in [9.17, 15) is 9.59 Å². The van der Waals surface area contributed by atoms with E-state index >= 15 is 0 Å². The molecule has 1 amide bonds. The maximum atomic E-state index is 11.4. The molecule has 1 heterocycles. The molecule has 1 aromatic rings. The van der Waals surface area contributed by atoms with E-state index in [0.29, 0.717) is 11.6 Å². The van der Waals surface area contributed by atoms with Crippen molar-refractivity contribution in [1.82, 2.24) is 14.7 Å². The van der Waals surface area contributed by atoms with Gasteiger partial charge in [0.15, 0.2) is 0 Å². The Balaban J connectivity index is 2.83. The van der Waals surface area contributed by atoms with Crippen molar-refractivity contribution in [3.8, 4) is 0 Å². The highest BCUT2D eigenvalue weighted by Gasteiger charge is 2.17. The lowest BCUT2D eigenvalue weighted by Gasteiger charge is -2.16. The van der Waals surface area contributed by atoms with Crippen molar-refractivity contribution in [1.29, 1.82) is 0 Å². The minimum atomic E-state index is -0.528. The van der Waals surface area contributed by atoms with Gasteiger partial charge in [0.25, 0.3) is 5.91 Å². The molecular formula is C10H14ClN3O2. The molecule has 0 saturated carbocycles. The van der Waals surface area contributed by atoms with Gasteiger partial charge < -0.3 is 4.90 Å². The Labute approximate surface area is 99.0 Å². The Morgan fingerprint density at radius 3 is 2.69 bits per heavy atom. The van der Waals surface area contributed by atoms with Crippen LogP contribution in [0.1, 0.15) is 19.5 Å². The van der Waals surface area contributed by atoms with E-state index in [1.54, 1.807) is 11.7 Å². The van der Waals surface area contributed by atoms with Crippen LogP contribution in [0, 0.1) is 0 Å². The second kappa shape index (κ2) is 5.12. The van der Waals surface area contributed by atoms with Crippen LogP contribution in [0.3, 0.4) is 0 Å². The van der Waals surface area contributed by atoms with E-state index in [-0.39, 0.29) is 6.54 Å². The predicted octanol–water partition coefficient (Wildman–Crippen LogP) is 1.10. The second-order valence-corrected chi connectivity index (χ2v) is 3.88. The molecule has 6 heteroatoms. The molecule has 0 atom stereocenters. The number of hydrogen-bond donors (Lipinski definition) is 0. The van der Waals surface area contributed by atoms with Crippen LogP contribution >= 0.6 is 11.6 Å². The summed E-state index contributed by atoms with van der Waals surface area (Å²) in [7, 11) is 1.56. The Morgan fingerprint density at radius 1 is 1.56 bits per heavy atom. The average molecular weight is 244 g/mol. The molecular weight excluding hydrogens is 230 g/mol. The number of likely N-dealkylation sites (N-methyl/N-ethyl adjacent to an activating group) is 1. The SMILES string of the molecule is CCn1ncc(Cl)c1CN(C)C(=O)C(C)=O. The molecule has 0 bridgehead atoms. The molecule has 0 unspecified atom stereocenters. The third kappa shape index (κ3) is 2.61. The number of nitrogens with zero attached hydrogens (tertiary/aromatic N) is 3. The van der Waals surface area contributed by atoms with Gasteiger partial charge in [-0.25, -0.2) is 0 Å². The molecule has 1 rings (SSSR count). The van der Waals surface area contributed by atoms with Crippen LogP contribution in [-0.2, 0) is 22.7 Å². The topological polar surface area (TPSA) is 55.2 Å². The van der Waals surface area contributed by atoms with E-state index in [2.05, 4.69) is 5.10 Å². The van der Waals surface area contributed by atoms with Crippen LogP contribution in [-0.4, -0.2) is 33.4 Å². The molecule has 88 valence electrons. The first kappa shape index (κ1) is 12.7. The largest absolute Gasteiger partial charge is 0.333 e. The summed E-state index contributed by atoms with van der Waals surface area (Å²) in [6, 6.07) is 0. The second-order valence-electron chi connectivity index (χ2n) is 3.47. The number of carbonyl (C=O) groups is 2. The number of Topliss-reactive ketones (excluding diaryl/α,β-unsaturated/α-hetero) is 1. The van der Waals surface area contributed by atoms with Crippen molar-refractivity contribution in [3.63, 3.8) is 0 Å². The van der Waals surface area contributed by atoms with Crippen molar-refractivity contribution in [3.05, 3.63) is 16.9 Å². The highest BCUT2D eigenvalue weighted by atomic mass is 35.5. The molecule has 0 aliphatic heterocycles. The molecule has 0 spiro atoms. The zero-order valence-corrected chi connectivity index (χ0v) is 10.3. The highest BCUT2D eigenvalue weighted by Crippen LogP contribution is 2.16. The molecule has 0 saturated heterocycles. The molecule has 0 aromatic carbocycles. The molecule has 0 radical (unpaired) electrons. The fourth-order valence-electron chi connectivity index (χ4n) is 1.38. The van der Waals surface area contributed by atoms with Gasteiger partial charge in [0.1, 0.15) is 0 Å². The zero-order valence-electron chi connectivity index (χ0n) is 9.53. The Kier molecular flexibility index (Phi) is 4.06. The van der Waals surface area contributed by atoms with Crippen molar-refractivity contribution < 1.29 is 9.59 Å². The summed E-state index contributed by atoms with van der Waals surface area (Å²) in [5, 5.41) is 4.56. The maximum Gasteiger partial charge on any atom is 0.289 e. The van der Waals surface area contributed by atoms with Crippen LogP contribution in [0.15, 0.2) is 6.20 Å². The standard InChI is InChI=1S/C10H14ClN3O2/c1-4-14-9(8(11)5-12-14)6-13(3)10(16)7(2)15/h5H,4,6H2,1-3H3. The number of halogens is 1.